The molecule has 0 saturated heterocycles. The Balaban J connectivity index is 1.43. The van der Waals surface area contributed by atoms with E-state index >= 15 is 0 Å². The van der Waals surface area contributed by atoms with Crippen molar-refractivity contribution in [3.05, 3.63) is 120 Å². The lowest BCUT2D eigenvalue weighted by Crippen LogP contribution is -2.03. The predicted molar refractivity (Wildman–Crippen MR) is 140 cm³/mol. The summed E-state index contributed by atoms with van der Waals surface area (Å²) in [6.07, 6.45) is -4.33. The van der Waals surface area contributed by atoms with Crippen LogP contribution in [0.3, 0.4) is 0 Å². The van der Waals surface area contributed by atoms with Crippen LogP contribution in [0.1, 0.15) is 11.1 Å². The quantitative estimate of drug-likeness (QED) is 0.225. The number of benzene rings is 6. The molecule has 0 atom stereocenters. The maximum atomic E-state index is 12.9. The van der Waals surface area contributed by atoms with Crippen LogP contribution < -0.4 is 0 Å². The molecule has 35 heavy (non-hydrogen) atoms. The Labute approximate surface area is 201 Å². The van der Waals surface area contributed by atoms with Crippen molar-refractivity contribution < 1.29 is 13.2 Å². The van der Waals surface area contributed by atoms with Gasteiger partial charge in [0.1, 0.15) is 0 Å². The normalized spacial score (nSPS) is 12.0. The van der Waals surface area contributed by atoms with Gasteiger partial charge in [0, 0.05) is 0 Å². The first kappa shape index (κ1) is 21.4. The van der Waals surface area contributed by atoms with E-state index in [0.29, 0.717) is 0 Å². The zero-order valence-electron chi connectivity index (χ0n) is 19.0. The van der Waals surface area contributed by atoms with Gasteiger partial charge in [0.2, 0.25) is 0 Å². The second-order valence-corrected chi connectivity index (χ2v) is 9.04. The van der Waals surface area contributed by atoms with Gasteiger partial charge in [-0.2, -0.15) is 13.2 Å². The summed E-state index contributed by atoms with van der Waals surface area (Å²) in [6.45, 7) is 2.09. The Bertz CT molecular complexity index is 1710. The van der Waals surface area contributed by atoms with E-state index in [1.807, 2.05) is 12.1 Å². The lowest BCUT2D eigenvalue weighted by atomic mass is 9.93. The Hall–Kier alpha value is -4.11. The van der Waals surface area contributed by atoms with Crippen LogP contribution in [-0.4, -0.2) is 0 Å². The van der Waals surface area contributed by atoms with Crippen molar-refractivity contribution in [1.29, 1.82) is 0 Å². The molecule has 0 heterocycles. The number of hydrogen-bond donors (Lipinski definition) is 0. The van der Waals surface area contributed by atoms with E-state index in [2.05, 4.69) is 79.7 Å². The molecule has 170 valence electrons. The molecule has 0 bridgehead atoms. The van der Waals surface area contributed by atoms with Gasteiger partial charge in [0.15, 0.2) is 0 Å². The van der Waals surface area contributed by atoms with Gasteiger partial charge in [0.05, 0.1) is 5.56 Å². The Morgan fingerprint density at radius 2 is 0.829 bits per heavy atom. The van der Waals surface area contributed by atoms with E-state index in [0.717, 1.165) is 39.4 Å². The van der Waals surface area contributed by atoms with Gasteiger partial charge < -0.3 is 0 Å². The summed E-state index contributed by atoms with van der Waals surface area (Å²) in [5.41, 5.74) is 4.67. The Morgan fingerprint density at radius 3 is 1.29 bits per heavy atom. The minimum absolute atomic E-state index is 0.634. The molecular weight excluding hydrogens is 441 g/mol. The second kappa shape index (κ2) is 7.99. The molecule has 0 aromatic heterocycles. The Morgan fingerprint density at radius 1 is 0.429 bits per heavy atom. The summed E-state index contributed by atoms with van der Waals surface area (Å²) in [7, 11) is 0. The van der Waals surface area contributed by atoms with Crippen LogP contribution in [0.15, 0.2) is 109 Å². The lowest BCUT2D eigenvalue weighted by Gasteiger charge is -2.11. The molecular formula is C32H21F3. The monoisotopic (exact) mass is 462 g/mol. The molecule has 6 aromatic rings. The van der Waals surface area contributed by atoms with Crippen molar-refractivity contribution in [3.63, 3.8) is 0 Å². The van der Waals surface area contributed by atoms with E-state index in [4.69, 9.17) is 0 Å². The smallest absolute Gasteiger partial charge is 0.166 e. The average Bonchev–Trinajstić information content (AvgIpc) is 2.87. The van der Waals surface area contributed by atoms with Crippen molar-refractivity contribution >= 4 is 32.3 Å². The van der Waals surface area contributed by atoms with Crippen LogP contribution in [0.5, 0.6) is 0 Å². The summed E-state index contributed by atoms with van der Waals surface area (Å²) < 4.78 is 38.7. The molecule has 0 nitrogen and oxygen atoms in total. The van der Waals surface area contributed by atoms with Gasteiger partial charge in [-0.1, -0.05) is 90.5 Å². The fourth-order valence-corrected chi connectivity index (χ4v) is 4.84. The fraction of sp³-hybridized carbons (Fsp3) is 0.0625. The summed E-state index contributed by atoms with van der Waals surface area (Å²) in [6, 6.07) is 35.2. The van der Waals surface area contributed by atoms with Crippen LogP contribution in [0.2, 0.25) is 0 Å². The third-order valence-corrected chi connectivity index (χ3v) is 6.76. The van der Waals surface area contributed by atoms with Crippen molar-refractivity contribution in [3.8, 4) is 22.3 Å². The number of fused-ring (bicyclic) bond motifs is 5. The summed E-state index contributed by atoms with van der Waals surface area (Å²) >= 11 is 0. The highest BCUT2D eigenvalue weighted by molar-refractivity contribution is 6.18. The SMILES string of the molecule is Cc1ccc(-c2ccc3c(ccc4c5ccc(-c6ccc(C(F)(F)F)cc6)cc5ccc34)c2)cc1. The molecule has 0 unspecified atom stereocenters. The van der Waals surface area contributed by atoms with Crippen molar-refractivity contribution in [2.45, 2.75) is 13.1 Å². The van der Waals surface area contributed by atoms with Gasteiger partial charge in [0.25, 0.3) is 0 Å². The molecule has 0 saturated carbocycles. The molecule has 0 spiro atoms. The summed E-state index contributed by atoms with van der Waals surface area (Å²) in [5, 5.41) is 6.93. The molecule has 0 aliphatic carbocycles. The third-order valence-electron chi connectivity index (χ3n) is 6.76. The highest BCUT2D eigenvalue weighted by atomic mass is 19.4. The molecule has 0 aliphatic heterocycles. The first-order valence-electron chi connectivity index (χ1n) is 11.5. The van der Waals surface area contributed by atoms with Gasteiger partial charge in [-0.3, -0.25) is 0 Å². The highest BCUT2D eigenvalue weighted by Crippen LogP contribution is 2.36. The first-order valence-corrected chi connectivity index (χ1v) is 11.5. The van der Waals surface area contributed by atoms with E-state index in [-0.39, 0.29) is 0 Å². The molecule has 0 radical (unpaired) electrons. The van der Waals surface area contributed by atoms with E-state index in [1.165, 1.54) is 45.0 Å². The van der Waals surface area contributed by atoms with E-state index < -0.39 is 11.7 Å². The van der Waals surface area contributed by atoms with E-state index in [9.17, 15) is 13.2 Å². The number of hydrogen-bond acceptors (Lipinski definition) is 0. The van der Waals surface area contributed by atoms with Crippen molar-refractivity contribution in [2.75, 3.05) is 0 Å². The highest BCUT2D eigenvalue weighted by Gasteiger charge is 2.29. The summed E-state index contributed by atoms with van der Waals surface area (Å²) in [4.78, 5) is 0. The van der Waals surface area contributed by atoms with Crippen LogP contribution >= 0.6 is 0 Å². The number of aryl methyl sites for hydroxylation is 1. The largest absolute Gasteiger partial charge is 0.416 e. The summed E-state index contributed by atoms with van der Waals surface area (Å²) in [5.74, 6) is 0. The van der Waals surface area contributed by atoms with Gasteiger partial charge >= 0.3 is 6.18 Å². The zero-order chi connectivity index (χ0) is 24.2. The molecule has 6 rings (SSSR count). The van der Waals surface area contributed by atoms with Crippen molar-refractivity contribution in [1.82, 2.24) is 0 Å². The number of halogens is 3. The fourth-order valence-electron chi connectivity index (χ4n) is 4.84. The second-order valence-electron chi connectivity index (χ2n) is 9.04. The predicted octanol–water partition coefficient (Wildman–Crippen LogP) is 9.81. The van der Waals surface area contributed by atoms with Gasteiger partial charge in [-0.25, -0.2) is 0 Å². The van der Waals surface area contributed by atoms with Gasteiger partial charge in [-0.05, 0) is 85.8 Å². The molecule has 0 aliphatic rings. The number of rotatable bonds is 2. The molecule has 0 amide bonds. The number of alkyl halides is 3. The molecule has 0 N–H and O–H groups in total. The maximum absolute atomic E-state index is 12.9. The van der Waals surface area contributed by atoms with Gasteiger partial charge in [-0.15, -0.1) is 0 Å². The Kier molecular flexibility index (Phi) is 4.89. The molecule has 6 aromatic carbocycles. The molecule has 0 fully saturated rings. The molecule has 3 heteroatoms. The lowest BCUT2D eigenvalue weighted by molar-refractivity contribution is -0.137. The topological polar surface area (TPSA) is 0 Å². The van der Waals surface area contributed by atoms with Crippen molar-refractivity contribution in [2.24, 2.45) is 0 Å². The minimum atomic E-state index is -4.33. The van der Waals surface area contributed by atoms with Crippen LogP contribution in [-0.2, 0) is 6.18 Å². The average molecular weight is 463 g/mol. The first-order chi connectivity index (χ1) is 16.9. The third kappa shape index (κ3) is 3.83. The van der Waals surface area contributed by atoms with Crippen LogP contribution in [0, 0.1) is 6.92 Å². The van der Waals surface area contributed by atoms with E-state index in [1.54, 1.807) is 0 Å². The maximum Gasteiger partial charge on any atom is 0.416 e. The zero-order valence-corrected chi connectivity index (χ0v) is 19.0. The van der Waals surface area contributed by atoms with Crippen LogP contribution in [0.4, 0.5) is 13.2 Å². The minimum Gasteiger partial charge on any atom is -0.166 e. The van der Waals surface area contributed by atoms with Crippen LogP contribution in [0.25, 0.3) is 54.6 Å². The standard InChI is InChI=1S/C32H21F3/c1-20-2-4-21(5-3-20)23-8-14-28-25(18-23)10-16-31-29-15-9-24(19-26(29)11-17-30(28)31)22-6-12-27(13-7-22)32(33,34)35/h2-19H,1H3.